The Balaban J connectivity index is 3.25. The molecule has 0 aromatic heterocycles. The lowest BCUT2D eigenvalue weighted by molar-refractivity contribution is -0.140. The van der Waals surface area contributed by atoms with Crippen LogP contribution in [0, 0.1) is 0 Å². The molecule has 0 aliphatic rings. The first kappa shape index (κ1) is 10.5. The minimum absolute atomic E-state index is 0.116. The molecule has 0 bridgehead atoms. The Morgan fingerprint density at radius 1 is 1.55 bits per heavy atom. The fourth-order valence-electron chi connectivity index (χ4n) is 0.371. The van der Waals surface area contributed by atoms with Gasteiger partial charge in [0.2, 0.25) is 0 Å². The van der Waals surface area contributed by atoms with Crippen molar-refractivity contribution in [1.29, 1.82) is 0 Å². The van der Waals surface area contributed by atoms with Crippen molar-refractivity contribution >= 4 is 17.6 Å². The zero-order valence-electron chi connectivity index (χ0n) is 6.43. The molecule has 0 heterocycles. The van der Waals surface area contributed by atoms with Gasteiger partial charge in [0.05, 0.1) is 6.61 Å². The fourth-order valence-corrected chi connectivity index (χ4v) is 0.480. The minimum atomic E-state index is -0.400. The smallest absolute Gasteiger partial charge is 0.333 e. The van der Waals surface area contributed by atoms with Crippen LogP contribution in [0.15, 0.2) is 12.2 Å². The van der Waals surface area contributed by atoms with E-state index in [9.17, 15) is 4.79 Å². The maximum atomic E-state index is 10.7. The second-order valence-corrected chi connectivity index (χ2v) is 2.15. The molecule has 0 saturated carbocycles. The first-order valence-electron chi connectivity index (χ1n) is 3.15. The molecule has 0 fully saturated rings. The van der Waals surface area contributed by atoms with Gasteiger partial charge in [0, 0.05) is 5.57 Å². The Kier molecular flexibility index (Phi) is 5.88. The van der Waals surface area contributed by atoms with Crippen LogP contribution in [-0.2, 0) is 14.3 Å². The van der Waals surface area contributed by atoms with Crippen LogP contribution in [0.1, 0.15) is 6.92 Å². The number of hydrogen-bond acceptors (Lipinski definition) is 3. The second-order valence-electron chi connectivity index (χ2n) is 1.93. The van der Waals surface area contributed by atoms with Crippen molar-refractivity contribution in [3.8, 4) is 0 Å². The van der Waals surface area contributed by atoms with E-state index in [-0.39, 0.29) is 12.7 Å². The minimum Gasteiger partial charge on any atom is -0.460 e. The van der Waals surface area contributed by atoms with E-state index in [0.29, 0.717) is 12.2 Å². The van der Waals surface area contributed by atoms with Gasteiger partial charge in [-0.2, -0.15) is 0 Å². The van der Waals surface area contributed by atoms with Crippen LogP contribution in [0.3, 0.4) is 0 Å². The van der Waals surface area contributed by atoms with E-state index in [1.165, 1.54) is 0 Å². The molecule has 64 valence electrons. The van der Waals surface area contributed by atoms with Crippen molar-refractivity contribution in [2.45, 2.75) is 6.92 Å². The lowest BCUT2D eigenvalue weighted by Crippen LogP contribution is -2.10. The summed E-state index contributed by atoms with van der Waals surface area (Å²) in [6.45, 7) is 5.54. The molecule has 0 radical (unpaired) electrons. The molecular formula is C7H11ClO3. The molecule has 0 unspecified atom stereocenters. The first-order valence-corrected chi connectivity index (χ1v) is 3.68. The third-order valence-corrected chi connectivity index (χ3v) is 1.04. The molecule has 0 amide bonds. The number of hydrogen-bond donors (Lipinski definition) is 0. The lowest BCUT2D eigenvalue weighted by atomic mass is 10.4. The monoisotopic (exact) mass is 178 g/mol. The first-order chi connectivity index (χ1) is 5.18. The van der Waals surface area contributed by atoms with E-state index in [0.717, 1.165) is 0 Å². The van der Waals surface area contributed by atoms with Crippen molar-refractivity contribution in [2.75, 3.05) is 19.3 Å². The van der Waals surface area contributed by atoms with E-state index in [4.69, 9.17) is 16.3 Å². The maximum absolute atomic E-state index is 10.7. The van der Waals surface area contributed by atoms with E-state index < -0.39 is 5.97 Å². The molecular weight excluding hydrogens is 168 g/mol. The highest BCUT2D eigenvalue weighted by Gasteiger charge is 2.00. The summed E-state index contributed by atoms with van der Waals surface area (Å²) in [5, 5.41) is 0. The van der Waals surface area contributed by atoms with Crippen molar-refractivity contribution in [3.05, 3.63) is 12.2 Å². The zero-order chi connectivity index (χ0) is 8.69. The molecule has 0 atom stereocenters. The SMILES string of the molecule is C=C(C)C(=O)OCCOCCl. The Labute approximate surface area is 70.9 Å². The molecule has 4 heteroatoms. The number of ether oxygens (including phenoxy) is 2. The number of carbonyl (C=O) groups excluding carboxylic acids is 1. The van der Waals surface area contributed by atoms with E-state index in [1.807, 2.05) is 0 Å². The number of rotatable bonds is 5. The molecule has 0 aromatic rings. The number of esters is 1. The van der Waals surface area contributed by atoms with Gasteiger partial charge in [-0.05, 0) is 6.92 Å². The largest absolute Gasteiger partial charge is 0.460 e. The summed E-state index contributed by atoms with van der Waals surface area (Å²) in [7, 11) is 0. The number of alkyl halides is 1. The van der Waals surface area contributed by atoms with Crippen LogP contribution in [-0.4, -0.2) is 25.2 Å². The molecule has 0 aliphatic heterocycles. The molecule has 0 N–H and O–H groups in total. The van der Waals surface area contributed by atoms with Gasteiger partial charge >= 0.3 is 5.97 Å². The van der Waals surface area contributed by atoms with Crippen LogP contribution in [0.2, 0.25) is 0 Å². The Morgan fingerprint density at radius 2 is 2.18 bits per heavy atom. The van der Waals surface area contributed by atoms with Gasteiger partial charge in [-0.15, -0.1) is 0 Å². The van der Waals surface area contributed by atoms with Crippen molar-refractivity contribution in [2.24, 2.45) is 0 Å². The zero-order valence-corrected chi connectivity index (χ0v) is 7.19. The summed E-state index contributed by atoms with van der Waals surface area (Å²) in [5.74, 6) is -0.400. The van der Waals surface area contributed by atoms with Crippen LogP contribution in [0.4, 0.5) is 0 Å². The van der Waals surface area contributed by atoms with Gasteiger partial charge in [0.15, 0.2) is 0 Å². The summed E-state index contributed by atoms with van der Waals surface area (Å²) >= 11 is 5.20. The molecule has 0 aliphatic carbocycles. The van der Waals surface area contributed by atoms with Gasteiger partial charge in [0.1, 0.15) is 12.7 Å². The topological polar surface area (TPSA) is 35.5 Å². The van der Waals surface area contributed by atoms with Gasteiger partial charge in [0.25, 0.3) is 0 Å². The van der Waals surface area contributed by atoms with Gasteiger partial charge in [-0.25, -0.2) is 4.79 Å². The molecule has 3 nitrogen and oxygen atoms in total. The van der Waals surface area contributed by atoms with Gasteiger partial charge in [-0.3, -0.25) is 0 Å². The Bertz CT molecular complexity index is 145. The van der Waals surface area contributed by atoms with E-state index >= 15 is 0 Å². The highest BCUT2D eigenvalue weighted by atomic mass is 35.5. The summed E-state index contributed by atoms with van der Waals surface area (Å²) in [5.41, 5.74) is 0.385. The highest BCUT2D eigenvalue weighted by molar-refractivity contribution is 6.17. The number of halogens is 1. The maximum Gasteiger partial charge on any atom is 0.333 e. The van der Waals surface area contributed by atoms with Crippen LogP contribution >= 0.6 is 11.6 Å². The van der Waals surface area contributed by atoms with Crippen LogP contribution in [0.25, 0.3) is 0 Å². The summed E-state index contributed by atoms with van der Waals surface area (Å²) in [6.07, 6.45) is 0. The van der Waals surface area contributed by atoms with Crippen molar-refractivity contribution in [1.82, 2.24) is 0 Å². The average molecular weight is 179 g/mol. The highest BCUT2D eigenvalue weighted by Crippen LogP contribution is 1.91. The summed E-state index contributed by atoms with van der Waals surface area (Å²) in [6, 6.07) is 0.116. The lowest BCUT2D eigenvalue weighted by Gasteiger charge is -2.02. The Hall–Kier alpha value is -0.540. The van der Waals surface area contributed by atoms with Crippen molar-refractivity contribution in [3.63, 3.8) is 0 Å². The molecule has 0 spiro atoms. The molecule has 0 aromatic carbocycles. The van der Waals surface area contributed by atoms with Gasteiger partial charge < -0.3 is 9.47 Å². The second kappa shape index (κ2) is 6.19. The summed E-state index contributed by atoms with van der Waals surface area (Å²) in [4.78, 5) is 10.7. The molecule has 0 rings (SSSR count). The fraction of sp³-hybridized carbons (Fsp3) is 0.571. The number of carbonyl (C=O) groups is 1. The third kappa shape index (κ3) is 5.88. The van der Waals surface area contributed by atoms with Crippen molar-refractivity contribution < 1.29 is 14.3 Å². The predicted molar refractivity (Wildman–Crippen MR) is 42.4 cm³/mol. The quantitative estimate of drug-likeness (QED) is 0.276. The standard InChI is InChI=1S/C7H11ClO3/c1-6(2)7(9)11-4-3-10-5-8/h1,3-5H2,2H3. The van der Waals surface area contributed by atoms with Crippen LogP contribution in [0.5, 0.6) is 0 Å². The molecule has 11 heavy (non-hydrogen) atoms. The molecule has 0 saturated heterocycles. The summed E-state index contributed by atoms with van der Waals surface area (Å²) < 4.78 is 9.41. The van der Waals surface area contributed by atoms with Crippen LogP contribution < -0.4 is 0 Å². The predicted octanol–water partition coefficient (Wildman–Crippen LogP) is 1.32. The third-order valence-electron chi connectivity index (χ3n) is 0.886. The normalized spacial score (nSPS) is 9.27. The Morgan fingerprint density at radius 3 is 2.64 bits per heavy atom. The van der Waals surface area contributed by atoms with Gasteiger partial charge in [-0.1, -0.05) is 18.2 Å². The average Bonchev–Trinajstić information content (AvgIpc) is 1.97. The van der Waals surface area contributed by atoms with E-state index in [1.54, 1.807) is 6.92 Å². The van der Waals surface area contributed by atoms with E-state index in [2.05, 4.69) is 11.3 Å².